The molecule has 0 aliphatic carbocycles. The Balaban J connectivity index is 4.24. The van der Waals surface area contributed by atoms with Crippen LogP contribution in [0.25, 0.3) is 0 Å². The number of carbonyl (C=O) groups excluding carboxylic acids is 2. The molecule has 0 rings (SSSR count). The molecule has 0 saturated carbocycles. The number of rotatable bonds is 6. The Morgan fingerprint density at radius 3 is 1.93 bits per heavy atom. The van der Waals surface area contributed by atoms with Gasteiger partial charge >= 0.3 is 0 Å². The molecule has 4 nitrogen and oxygen atoms in total. The predicted octanol–water partition coefficient (Wildman–Crippen LogP) is 0.211. The average Bonchev–Trinajstić information content (AvgIpc) is 2.25. The van der Waals surface area contributed by atoms with Crippen LogP contribution in [0.15, 0.2) is 11.8 Å². The number of amides is 2. The molecule has 2 N–H and O–H groups in total. The number of carbonyl (C=O) groups is 2. The van der Waals surface area contributed by atoms with Crippen LogP contribution in [0.2, 0.25) is 12.1 Å². The van der Waals surface area contributed by atoms with Crippen molar-refractivity contribution in [2.45, 2.75) is 25.4 Å². The molecule has 0 unspecified atom stereocenters. The maximum absolute atomic E-state index is 11.2. The van der Waals surface area contributed by atoms with Crippen molar-refractivity contribution in [3.63, 3.8) is 0 Å². The minimum Gasteiger partial charge on any atom is -0.359 e. The molecule has 0 radical (unpaired) electrons. The fourth-order valence-corrected chi connectivity index (χ4v) is 3.65. The Hall–Kier alpha value is -1.10. The van der Waals surface area contributed by atoms with Gasteiger partial charge in [-0.25, -0.2) is 0 Å². The quantitative estimate of drug-likeness (QED) is 0.639. The maximum Gasteiger partial charge on any atom is 0.217 e. The van der Waals surface area contributed by atoms with E-state index in [2.05, 4.69) is 16.3 Å². The van der Waals surface area contributed by atoms with Gasteiger partial charge in [0.05, 0.1) is 8.80 Å². The molecular formula is C10H20N2O2Si. The second-order valence-corrected chi connectivity index (χ2v) is 6.07. The third-order valence-electron chi connectivity index (χ3n) is 2.10. The summed E-state index contributed by atoms with van der Waals surface area (Å²) in [7, 11) is 1.84. The Bertz CT molecular complexity index is 224. The first-order chi connectivity index (χ1) is 7.13. The Morgan fingerprint density at radius 1 is 1.13 bits per heavy atom. The van der Waals surface area contributed by atoms with Crippen molar-refractivity contribution in [2.75, 3.05) is 14.1 Å². The Labute approximate surface area is 92.7 Å². The predicted molar refractivity (Wildman–Crippen MR) is 64.3 cm³/mol. The minimum absolute atomic E-state index is 0.0244. The monoisotopic (exact) mass is 228 g/mol. The van der Waals surface area contributed by atoms with Gasteiger partial charge in [0, 0.05) is 26.2 Å². The van der Waals surface area contributed by atoms with E-state index < -0.39 is 8.80 Å². The zero-order chi connectivity index (χ0) is 11.7. The second kappa shape index (κ2) is 8.23. The van der Waals surface area contributed by atoms with E-state index in [1.54, 1.807) is 14.1 Å². The molecule has 0 saturated heterocycles. The third kappa shape index (κ3) is 6.90. The summed E-state index contributed by atoms with van der Waals surface area (Å²) in [6.07, 6.45) is 2.99. The lowest BCUT2D eigenvalue weighted by atomic mass is 10.5. The van der Waals surface area contributed by atoms with Crippen molar-refractivity contribution in [3.8, 4) is 0 Å². The lowest BCUT2D eigenvalue weighted by molar-refractivity contribution is -0.118. The van der Waals surface area contributed by atoms with E-state index in [1.807, 2.05) is 13.0 Å². The molecule has 0 aromatic heterocycles. The van der Waals surface area contributed by atoms with Gasteiger partial charge in [-0.15, -0.1) is 5.70 Å². The molecule has 0 aliphatic rings. The highest BCUT2D eigenvalue weighted by molar-refractivity contribution is 6.70. The number of nitrogens with one attached hydrogen (secondary N) is 2. The molecular weight excluding hydrogens is 208 g/mol. The van der Waals surface area contributed by atoms with E-state index >= 15 is 0 Å². The van der Waals surface area contributed by atoms with Crippen LogP contribution in [0.5, 0.6) is 0 Å². The fraction of sp³-hybridized carbons (Fsp3) is 0.600. The van der Waals surface area contributed by atoms with Crippen molar-refractivity contribution in [2.24, 2.45) is 0 Å². The molecule has 5 heteroatoms. The standard InChI is InChI=1S/C10H20N2O2Si/c1-4-5-6-15(7-9(13)11-2)8-10(14)12-3/h5-6,15H,4,7-8H2,1-3H3,(H,11,13)(H,12,14). The molecule has 0 bridgehead atoms. The van der Waals surface area contributed by atoms with E-state index in [0.29, 0.717) is 12.1 Å². The van der Waals surface area contributed by atoms with Crippen LogP contribution in [0.1, 0.15) is 13.3 Å². The number of allylic oxidation sites excluding steroid dienone is 1. The zero-order valence-electron chi connectivity index (χ0n) is 9.67. The van der Waals surface area contributed by atoms with Crippen molar-refractivity contribution in [1.29, 1.82) is 0 Å². The zero-order valence-corrected chi connectivity index (χ0v) is 10.8. The lowest BCUT2D eigenvalue weighted by Gasteiger charge is -2.08. The molecule has 86 valence electrons. The van der Waals surface area contributed by atoms with Crippen LogP contribution in [0, 0.1) is 0 Å². The third-order valence-corrected chi connectivity index (χ3v) is 4.70. The first-order valence-corrected chi connectivity index (χ1v) is 7.51. The topological polar surface area (TPSA) is 58.2 Å². The van der Waals surface area contributed by atoms with E-state index in [4.69, 9.17) is 0 Å². The van der Waals surface area contributed by atoms with Crippen molar-refractivity contribution < 1.29 is 9.59 Å². The summed E-state index contributed by atoms with van der Waals surface area (Å²) in [5.41, 5.74) is 2.07. The minimum atomic E-state index is -1.41. The summed E-state index contributed by atoms with van der Waals surface area (Å²) in [6, 6.07) is 1.00. The van der Waals surface area contributed by atoms with Crippen molar-refractivity contribution in [1.82, 2.24) is 10.6 Å². The molecule has 0 heterocycles. The molecule has 2 amide bonds. The van der Waals surface area contributed by atoms with Crippen molar-refractivity contribution >= 4 is 20.6 Å². The normalized spacial score (nSPS) is 10.7. The van der Waals surface area contributed by atoms with Crippen LogP contribution in [0.4, 0.5) is 0 Å². The van der Waals surface area contributed by atoms with Gasteiger partial charge in [-0.3, -0.25) is 9.59 Å². The van der Waals surface area contributed by atoms with Gasteiger partial charge in [0.25, 0.3) is 0 Å². The Kier molecular flexibility index (Phi) is 7.62. The van der Waals surface area contributed by atoms with Crippen LogP contribution in [-0.2, 0) is 9.59 Å². The van der Waals surface area contributed by atoms with Crippen LogP contribution in [0.3, 0.4) is 0 Å². The second-order valence-electron chi connectivity index (χ2n) is 3.35. The maximum atomic E-state index is 11.2. The Morgan fingerprint density at radius 2 is 1.60 bits per heavy atom. The van der Waals surface area contributed by atoms with Crippen LogP contribution < -0.4 is 10.6 Å². The number of hydrogen-bond acceptors (Lipinski definition) is 2. The smallest absolute Gasteiger partial charge is 0.217 e. The molecule has 0 aromatic rings. The molecule has 0 aromatic carbocycles. The molecule has 0 fully saturated rings. The fourth-order valence-electron chi connectivity index (χ4n) is 1.22. The van der Waals surface area contributed by atoms with E-state index in [0.717, 1.165) is 6.42 Å². The van der Waals surface area contributed by atoms with E-state index in [-0.39, 0.29) is 11.8 Å². The van der Waals surface area contributed by atoms with Gasteiger partial charge in [-0.1, -0.05) is 13.0 Å². The van der Waals surface area contributed by atoms with Gasteiger partial charge in [-0.2, -0.15) is 0 Å². The number of hydrogen-bond donors (Lipinski definition) is 2. The van der Waals surface area contributed by atoms with Gasteiger partial charge in [0.1, 0.15) is 0 Å². The summed E-state index contributed by atoms with van der Waals surface area (Å²) in [5, 5.41) is 5.19. The first kappa shape index (κ1) is 13.9. The first-order valence-electron chi connectivity index (χ1n) is 5.21. The van der Waals surface area contributed by atoms with Crippen LogP contribution in [-0.4, -0.2) is 34.7 Å². The highest BCUT2D eigenvalue weighted by atomic mass is 28.3. The highest BCUT2D eigenvalue weighted by Crippen LogP contribution is 2.02. The van der Waals surface area contributed by atoms with E-state index in [1.165, 1.54) is 0 Å². The molecule has 15 heavy (non-hydrogen) atoms. The largest absolute Gasteiger partial charge is 0.359 e. The van der Waals surface area contributed by atoms with Gasteiger partial charge in [0.2, 0.25) is 11.8 Å². The summed E-state index contributed by atoms with van der Waals surface area (Å²) in [5.74, 6) is 0.0487. The lowest BCUT2D eigenvalue weighted by Crippen LogP contribution is -2.29. The van der Waals surface area contributed by atoms with E-state index in [9.17, 15) is 9.59 Å². The van der Waals surface area contributed by atoms with Gasteiger partial charge in [0.15, 0.2) is 0 Å². The summed E-state index contributed by atoms with van der Waals surface area (Å²) >= 11 is 0. The van der Waals surface area contributed by atoms with Gasteiger partial charge in [-0.05, 0) is 6.42 Å². The highest BCUT2D eigenvalue weighted by Gasteiger charge is 2.15. The molecule has 0 atom stereocenters. The average molecular weight is 228 g/mol. The van der Waals surface area contributed by atoms with Crippen molar-refractivity contribution in [3.05, 3.63) is 11.8 Å². The summed E-state index contributed by atoms with van der Waals surface area (Å²) in [6.45, 7) is 2.04. The SMILES string of the molecule is CCC=C[SiH](CC(=O)NC)CC(=O)NC. The molecule has 0 aliphatic heterocycles. The summed E-state index contributed by atoms with van der Waals surface area (Å²) < 4.78 is 0. The summed E-state index contributed by atoms with van der Waals surface area (Å²) in [4.78, 5) is 22.4. The van der Waals surface area contributed by atoms with Gasteiger partial charge < -0.3 is 10.6 Å². The molecule has 0 spiro atoms. The van der Waals surface area contributed by atoms with Crippen LogP contribution >= 0.6 is 0 Å².